The van der Waals surface area contributed by atoms with Crippen molar-refractivity contribution in [1.82, 2.24) is 9.78 Å². The molecule has 8 heteroatoms. The Morgan fingerprint density at radius 2 is 2.04 bits per heavy atom. The van der Waals surface area contributed by atoms with Crippen molar-refractivity contribution in [3.8, 4) is 0 Å². The van der Waals surface area contributed by atoms with Gasteiger partial charge in [0, 0.05) is 24.0 Å². The molecule has 1 unspecified atom stereocenters. The maximum absolute atomic E-state index is 12.7. The maximum atomic E-state index is 12.7. The predicted octanol–water partition coefficient (Wildman–Crippen LogP) is 4.82. The molecule has 2 aromatic heterocycles. The Balaban J connectivity index is 1.94. The van der Waals surface area contributed by atoms with Crippen molar-refractivity contribution in [2.45, 2.75) is 19.8 Å². The van der Waals surface area contributed by atoms with E-state index in [2.05, 4.69) is 33.3 Å². The summed E-state index contributed by atoms with van der Waals surface area (Å²) >= 11 is 4.70. The normalized spacial score (nSPS) is 11.9. The summed E-state index contributed by atoms with van der Waals surface area (Å²) in [6, 6.07) is 11.8. The number of hydrogen-bond acceptors (Lipinski definition) is 5. The molecule has 0 saturated heterocycles. The summed E-state index contributed by atoms with van der Waals surface area (Å²) < 4.78 is 7.30. The summed E-state index contributed by atoms with van der Waals surface area (Å²) in [7, 11) is 1.73. The minimum atomic E-state index is -0.458. The van der Waals surface area contributed by atoms with Crippen molar-refractivity contribution in [3.63, 3.8) is 0 Å². The number of carbonyl (C=O) groups is 2. The molecule has 0 aliphatic heterocycles. The molecule has 0 aliphatic rings. The van der Waals surface area contributed by atoms with Crippen LogP contribution in [0.1, 0.15) is 51.1 Å². The van der Waals surface area contributed by atoms with Crippen LogP contribution >= 0.6 is 27.3 Å². The number of halogens is 1. The van der Waals surface area contributed by atoms with E-state index in [9.17, 15) is 9.59 Å². The summed E-state index contributed by atoms with van der Waals surface area (Å²) in [5.74, 6) is -0.772. The van der Waals surface area contributed by atoms with Gasteiger partial charge in [-0.3, -0.25) is 9.48 Å². The first kappa shape index (κ1) is 20.3. The highest BCUT2D eigenvalue weighted by atomic mass is 79.9. The van der Waals surface area contributed by atoms with E-state index in [1.54, 1.807) is 30.9 Å². The number of rotatable bonds is 6. The summed E-state index contributed by atoms with van der Waals surface area (Å²) in [6.45, 7) is 4.08. The minimum absolute atomic E-state index is 0.0756. The number of esters is 1. The second kappa shape index (κ2) is 8.70. The summed E-state index contributed by atoms with van der Waals surface area (Å²) in [4.78, 5) is 26.1. The van der Waals surface area contributed by atoms with Crippen LogP contribution in [0, 0.1) is 0 Å². The molecule has 0 aliphatic carbocycles. The molecule has 2 heterocycles. The van der Waals surface area contributed by atoms with E-state index in [1.165, 1.54) is 11.3 Å². The third kappa shape index (κ3) is 4.34. The number of nitrogens with one attached hydrogen (secondary N) is 1. The third-order valence-electron chi connectivity index (χ3n) is 4.20. The van der Waals surface area contributed by atoms with Crippen molar-refractivity contribution in [2.75, 3.05) is 11.9 Å². The van der Waals surface area contributed by atoms with Gasteiger partial charge < -0.3 is 10.1 Å². The largest absolute Gasteiger partial charge is 0.462 e. The molecule has 1 atom stereocenters. The van der Waals surface area contributed by atoms with Crippen LogP contribution in [0.25, 0.3) is 0 Å². The molecule has 1 N–H and O–H groups in total. The fourth-order valence-corrected chi connectivity index (χ4v) is 4.44. The first-order valence-electron chi connectivity index (χ1n) is 8.77. The van der Waals surface area contributed by atoms with Crippen LogP contribution in [0.5, 0.6) is 0 Å². The van der Waals surface area contributed by atoms with Crippen LogP contribution in [-0.4, -0.2) is 28.3 Å². The number of aromatic nitrogens is 2. The smallest absolute Gasteiger partial charge is 0.341 e. The van der Waals surface area contributed by atoms with Crippen LogP contribution in [0.3, 0.4) is 0 Å². The Kier molecular flexibility index (Phi) is 6.31. The molecule has 28 heavy (non-hydrogen) atoms. The number of benzene rings is 1. The Morgan fingerprint density at radius 3 is 2.64 bits per heavy atom. The lowest BCUT2D eigenvalue weighted by molar-refractivity contribution is 0.0528. The van der Waals surface area contributed by atoms with Gasteiger partial charge in [0.1, 0.15) is 5.00 Å². The quantitative estimate of drug-likeness (QED) is 0.533. The number of aryl methyl sites for hydroxylation is 1. The van der Waals surface area contributed by atoms with E-state index in [0.717, 1.165) is 10.4 Å². The first-order valence-corrected chi connectivity index (χ1v) is 10.4. The fraction of sp³-hybridized carbons (Fsp3) is 0.250. The number of hydrogen-bond donors (Lipinski definition) is 1. The lowest BCUT2D eigenvalue weighted by Gasteiger charge is -2.09. The molecule has 0 radical (unpaired) electrons. The van der Waals surface area contributed by atoms with Crippen molar-refractivity contribution in [3.05, 3.63) is 68.8 Å². The van der Waals surface area contributed by atoms with Gasteiger partial charge in [-0.25, -0.2) is 4.79 Å². The van der Waals surface area contributed by atoms with Crippen LogP contribution in [0.2, 0.25) is 0 Å². The van der Waals surface area contributed by atoms with E-state index >= 15 is 0 Å². The molecular formula is C20H20BrN3O3S. The van der Waals surface area contributed by atoms with Crippen molar-refractivity contribution >= 4 is 44.1 Å². The highest BCUT2D eigenvalue weighted by molar-refractivity contribution is 9.10. The molecular weight excluding hydrogens is 442 g/mol. The third-order valence-corrected chi connectivity index (χ3v) is 6.01. The van der Waals surface area contributed by atoms with E-state index in [-0.39, 0.29) is 18.2 Å². The number of anilines is 1. The summed E-state index contributed by atoms with van der Waals surface area (Å²) in [5, 5.41) is 7.43. The van der Waals surface area contributed by atoms with E-state index in [0.29, 0.717) is 15.0 Å². The average molecular weight is 462 g/mol. The lowest BCUT2D eigenvalue weighted by Crippen LogP contribution is -2.15. The van der Waals surface area contributed by atoms with Gasteiger partial charge in [-0.05, 0) is 34.5 Å². The Bertz CT molecular complexity index is 998. The van der Waals surface area contributed by atoms with Crippen LogP contribution in [-0.2, 0) is 11.8 Å². The van der Waals surface area contributed by atoms with Gasteiger partial charge in [-0.15, -0.1) is 11.3 Å². The second-order valence-electron chi connectivity index (χ2n) is 6.20. The molecule has 1 amide bonds. The number of ether oxygens (including phenoxy) is 1. The molecule has 1 aromatic carbocycles. The van der Waals surface area contributed by atoms with Gasteiger partial charge in [0.2, 0.25) is 0 Å². The zero-order valence-corrected chi connectivity index (χ0v) is 18.1. The molecule has 6 nitrogen and oxygen atoms in total. The second-order valence-corrected chi connectivity index (χ2v) is 8.14. The monoisotopic (exact) mass is 461 g/mol. The van der Waals surface area contributed by atoms with Gasteiger partial charge in [-0.1, -0.05) is 37.3 Å². The SMILES string of the molecule is CCOC(=O)c1cc(C(C)c2ccccc2)sc1NC(=O)c1nn(C)cc1Br. The molecule has 3 aromatic rings. The van der Waals surface area contributed by atoms with Crippen molar-refractivity contribution < 1.29 is 14.3 Å². The van der Waals surface area contributed by atoms with Crippen molar-refractivity contribution in [2.24, 2.45) is 7.05 Å². The van der Waals surface area contributed by atoms with Crippen LogP contribution < -0.4 is 5.32 Å². The zero-order chi connectivity index (χ0) is 20.3. The van der Waals surface area contributed by atoms with E-state index in [4.69, 9.17) is 4.74 Å². The van der Waals surface area contributed by atoms with Gasteiger partial charge in [0.15, 0.2) is 5.69 Å². The van der Waals surface area contributed by atoms with Gasteiger partial charge in [0.05, 0.1) is 16.6 Å². The molecule has 146 valence electrons. The molecule has 0 spiro atoms. The highest BCUT2D eigenvalue weighted by Gasteiger charge is 2.24. The number of carbonyl (C=O) groups excluding carboxylic acids is 2. The van der Waals surface area contributed by atoms with Gasteiger partial charge >= 0.3 is 5.97 Å². The minimum Gasteiger partial charge on any atom is -0.462 e. The number of nitrogens with zero attached hydrogens (tertiary/aromatic N) is 2. The van der Waals surface area contributed by atoms with E-state index < -0.39 is 11.9 Å². The van der Waals surface area contributed by atoms with Crippen LogP contribution in [0.4, 0.5) is 5.00 Å². The number of amides is 1. The highest BCUT2D eigenvalue weighted by Crippen LogP contribution is 2.36. The predicted molar refractivity (Wildman–Crippen MR) is 113 cm³/mol. The van der Waals surface area contributed by atoms with Crippen LogP contribution in [0.15, 0.2) is 47.1 Å². The zero-order valence-electron chi connectivity index (χ0n) is 15.7. The first-order chi connectivity index (χ1) is 13.4. The summed E-state index contributed by atoms with van der Waals surface area (Å²) in [6.07, 6.45) is 1.69. The molecule has 0 bridgehead atoms. The maximum Gasteiger partial charge on any atom is 0.341 e. The van der Waals surface area contributed by atoms with Gasteiger partial charge in [-0.2, -0.15) is 5.10 Å². The number of thiophene rings is 1. The molecule has 3 rings (SSSR count). The lowest BCUT2D eigenvalue weighted by atomic mass is 9.99. The Labute approximate surface area is 175 Å². The topological polar surface area (TPSA) is 73.2 Å². The van der Waals surface area contributed by atoms with Crippen molar-refractivity contribution in [1.29, 1.82) is 0 Å². The molecule has 0 saturated carbocycles. The Hall–Kier alpha value is -2.45. The van der Waals surface area contributed by atoms with Gasteiger partial charge in [0.25, 0.3) is 5.91 Å². The molecule has 0 fully saturated rings. The average Bonchev–Trinajstić information content (AvgIpc) is 3.24. The Morgan fingerprint density at radius 1 is 1.32 bits per heavy atom. The fourth-order valence-electron chi connectivity index (χ4n) is 2.76. The standard InChI is InChI=1S/C20H20BrN3O3S/c1-4-27-20(26)14-10-16(12(2)13-8-6-5-7-9-13)28-19(14)22-18(25)17-15(21)11-24(3)23-17/h5-12H,4H2,1-3H3,(H,22,25). The summed E-state index contributed by atoms with van der Waals surface area (Å²) in [5.41, 5.74) is 1.73. The van der Waals surface area contributed by atoms with E-state index in [1.807, 2.05) is 30.3 Å².